The van der Waals surface area contributed by atoms with E-state index in [1.54, 1.807) is 31.5 Å². The molecule has 2 aromatic carbocycles. The SMILES string of the molecule is COc1ccc2c(C(N)=O)cn(Cc3ccc(C#N)cc3)c2c1.OCC1CC(O)C(CO)C(O)O1. The Hall–Kier alpha value is -3.46. The summed E-state index contributed by atoms with van der Waals surface area (Å²) >= 11 is 0. The van der Waals surface area contributed by atoms with Crippen LogP contribution in [0.1, 0.15) is 27.9 Å². The summed E-state index contributed by atoms with van der Waals surface area (Å²) in [7, 11) is 1.60. The summed E-state index contributed by atoms with van der Waals surface area (Å²) in [4.78, 5) is 11.7. The number of primary amides is 1. The number of carbonyl (C=O) groups excluding carboxylic acids is 1. The Labute approximate surface area is 202 Å². The quantitative estimate of drug-likeness (QED) is 0.341. The van der Waals surface area contributed by atoms with Crippen LogP contribution in [0.2, 0.25) is 0 Å². The molecule has 35 heavy (non-hydrogen) atoms. The van der Waals surface area contributed by atoms with Crippen molar-refractivity contribution in [3.8, 4) is 11.8 Å². The highest BCUT2D eigenvalue weighted by atomic mass is 16.6. The van der Waals surface area contributed by atoms with Gasteiger partial charge in [-0.1, -0.05) is 12.1 Å². The molecule has 10 heteroatoms. The Morgan fingerprint density at radius 2 is 1.91 bits per heavy atom. The maximum Gasteiger partial charge on any atom is 0.250 e. The second-order valence-corrected chi connectivity index (χ2v) is 8.21. The van der Waals surface area contributed by atoms with Crippen molar-refractivity contribution in [2.24, 2.45) is 11.7 Å². The molecule has 0 saturated carbocycles. The maximum atomic E-state index is 11.7. The summed E-state index contributed by atoms with van der Waals surface area (Å²) in [5, 5.41) is 45.6. The Balaban J connectivity index is 0.000000241. The summed E-state index contributed by atoms with van der Waals surface area (Å²) < 4.78 is 12.1. The molecule has 4 rings (SSSR count). The molecule has 1 amide bonds. The number of benzene rings is 2. The molecular weight excluding hydrogens is 454 g/mol. The van der Waals surface area contributed by atoms with Gasteiger partial charge in [-0.15, -0.1) is 0 Å². The average molecular weight is 484 g/mol. The molecule has 1 aliphatic rings. The monoisotopic (exact) mass is 483 g/mol. The molecular formula is C25H29N3O7. The smallest absolute Gasteiger partial charge is 0.250 e. The number of aliphatic hydroxyl groups excluding tert-OH is 4. The van der Waals surface area contributed by atoms with Crippen molar-refractivity contribution in [2.75, 3.05) is 20.3 Å². The fourth-order valence-corrected chi connectivity index (χ4v) is 3.92. The van der Waals surface area contributed by atoms with Crippen molar-refractivity contribution < 1.29 is 34.7 Å². The van der Waals surface area contributed by atoms with Crippen LogP contribution in [-0.4, -0.2) is 69.7 Å². The summed E-state index contributed by atoms with van der Waals surface area (Å²) in [6, 6.07) is 15.0. The van der Waals surface area contributed by atoms with E-state index in [9.17, 15) is 15.0 Å². The number of hydrogen-bond acceptors (Lipinski definition) is 8. The van der Waals surface area contributed by atoms with Gasteiger partial charge in [-0.05, 0) is 29.8 Å². The van der Waals surface area contributed by atoms with Gasteiger partial charge in [-0.2, -0.15) is 5.26 Å². The van der Waals surface area contributed by atoms with E-state index in [1.165, 1.54) is 0 Å². The van der Waals surface area contributed by atoms with Gasteiger partial charge in [-0.25, -0.2) is 0 Å². The van der Waals surface area contributed by atoms with Crippen LogP contribution in [0, 0.1) is 17.2 Å². The van der Waals surface area contributed by atoms with Crippen LogP contribution < -0.4 is 10.5 Å². The number of carbonyl (C=O) groups is 1. The molecule has 3 aromatic rings. The predicted molar refractivity (Wildman–Crippen MR) is 126 cm³/mol. The van der Waals surface area contributed by atoms with Gasteiger partial charge in [0, 0.05) is 30.6 Å². The zero-order chi connectivity index (χ0) is 25.5. The van der Waals surface area contributed by atoms with Crippen LogP contribution in [0.4, 0.5) is 0 Å². The molecule has 0 radical (unpaired) electrons. The standard InChI is InChI=1S/C18H15N3O2.C7H14O5/c1-23-14-6-7-15-16(18(20)22)11-21(17(15)8-14)10-13-4-2-12(9-19)3-5-13;8-2-4-1-6(10)5(3-9)7(11)12-4/h2-8,11H,10H2,1H3,(H2,20,22);4-11H,1-3H2. The zero-order valence-electron chi connectivity index (χ0n) is 19.2. The number of aromatic nitrogens is 1. The third-order valence-corrected chi connectivity index (χ3v) is 5.90. The largest absolute Gasteiger partial charge is 0.497 e. The number of aliphatic hydroxyl groups is 4. The van der Waals surface area contributed by atoms with Crippen molar-refractivity contribution >= 4 is 16.8 Å². The van der Waals surface area contributed by atoms with Gasteiger partial charge < -0.3 is 40.2 Å². The van der Waals surface area contributed by atoms with Crippen molar-refractivity contribution in [3.63, 3.8) is 0 Å². The second-order valence-electron chi connectivity index (χ2n) is 8.21. The van der Waals surface area contributed by atoms with Crippen molar-refractivity contribution in [2.45, 2.75) is 31.5 Å². The van der Waals surface area contributed by atoms with E-state index in [0.29, 0.717) is 23.4 Å². The minimum Gasteiger partial charge on any atom is -0.497 e. The number of ether oxygens (including phenoxy) is 2. The van der Waals surface area contributed by atoms with E-state index in [-0.39, 0.29) is 19.6 Å². The van der Waals surface area contributed by atoms with Crippen LogP contribution in [0.15, 0.2) is 48.7 Å². The number of fused-ring (bicyclic) bond motifs is 1. The first-order valence-corrected chi connectivity index (χ1v) is 11.0. The van der Waals surface area contributed by atoms with Crippen LogP contribution in [-0.2, 0) is 11.3 Å². The molecule has 0 aliphatic carbocycles. The molecule has 1 aromatic heterocycles. The van der Waals surface area contributed by atoms with E-state index in [2.05, 4.69) is 6.07 Å². The van der Waals surface area contributed by atoms with Gasteiger partial charge in [0.2, 0.25) is 0 Å². The molecule has 2 heterocycles. The van der Waals surface area contributed by atoms with Gasteiger partial charge >= 0.3 is 0 Å². The number of rotatable bonds is 6. The predicted octanol–water partition coefficient (Wildman–Crippen LogP) is 0.724. The number of methoxy groups -OCH3 is 1. The normalized spacial score (nSPS) is 21.6. The number of hydrogen-bond donors (Lipinski definition) is 5. The van der Waals surface area contributed by atoms with Crippen LogP contribution in [0.5, 0.6) is 5.75 Å². The van der Waals surface area contributed by atoms with Gasteiger partial charge in [0.15, 0.2) is 6.29 Å². The van der Waals surface area contributed by atoms with E-state index in [4.69, 9.17) is 30.7 Å². The Bertz CT molecular complexity index is 1170. The van der Waals surface area contributed by atoms with Crippen molar-refractivity contribution in [1.82, 2.24) is 4.57 Å². The third kappa shape index (κ3) is 6.16. The van der Waals surface area contributed by atoms with Gasteiger partial charge in [0.25, 0.3) is 5.91 Å². The van der Waals surface area contributed by atoms with Gasteiger partial charge in [0.1, 0.15) is 5.75 Å². The topological polar surface area (TPSA) is 171 Å². The van der Waals surface area contributed by atoms with Crippen LogP contribution in [0.25, 0.3) is 10.9 Å². The molecule has 1 saturated heterocycles. The summed E-state index contributed by atoms with van der Waals surface area (Å²) in [5.41, 5.74) is 8.48. The molecule has 1 fully saturated rings. The fourth-order valence-electron chi connectivity index (χ4n) is 3.92. The second kappa shape index (κ2) is 11.8. The van der Waals surface area contributed by atoms with E-state index in [1.807, 2.05) is 28.8 Å². The first-order valence-electron chi connectivity index (χ1n) is 11.0. The van der Waals surface area contributed by atoms with Crippen LogP contribution in [0.3, 0.4) is 0 Å². The summed E-state index contributed by atoms with van der Waals surface area (Å²) in [5.74, 6) is -0.403. The molecule has 0 spiro atoms. The highest BCUT2D eigenvalue weighted by molar-refractivity contribution is 6.06. The number of nitrogens with two attached hydrogens (primary N) is 1. The minimum absolute atomic E-state index is 0.230. The van der Waals surface area contributed by atoms with Crippen molar-refractivity contribution in [3.05, 3.63) is 65.4 Å². The molecule has 4 unspecified atom stereocenters. The average Bonchev–Trinajstić information content (AvgIpc) is 3.22. The van der Waals surface area contributed by atoms with Crippen LogP contribution >= 0.6 is 0 Å². The lowest BCUT2D eigenvalue weighted by atomic mass is 9.94. The summed E-state index contributed by atoms with van der Waals surface area (Å²) in [6.07, 6.45) is -0.520. The molecule has 0 bridgehead atoms. The lowest BCUT2D eigenvalue weighted by molar-refractivity contribution is -0.237. The number of amides is 1. The fraction of sp³-hybridized carbons (Fsp3) is 0.360. The number of nitrogens with zero attached hydrogens (tertiary/aromatic N) is 2. The highest BCUT2D eigenvalue weighted by Gasteiger charge is 2.35. The third-order valence-electron chi connectivity index (χ3n) is 5.90. The van der Waals surface area contributed by atoms with E-state index in [0.717, 1.165) is 16.5 Å². The zero-order valence-corrected chi connectivity index (χ0v) is 19.2. The molecule has 10 nitrogen and oxygen atoms in total. The molecule has 1 aliphatic heterocycles. The maximum absolute atomic E-state index is 11.7. The summed E-state index contributed by atoms with van der Waals surface area (Å²) in [6.45, 7) is 0.0232. The van der Waals surface area contributed by atoms with E-state index < -0.39 is 30.3 Å². The first kappa shape index (κ1) is 26.2. The Morgan fingerprint density at radius 3 is 2.46 bits per heavy atom. The molecule has 186 valence electrons. The lowest BCUT2D eigenvalue weighted by Crippen LogP contribution is -2.46. The lowest BCUT2D eigenvalue weighted by Gasteiger charge is -2.35. The van der Waals surface area contributed by atoms with Gasteiger partial charge in [0.05, 0.1) is 61.2 Å². The van der Waals surface area contributed by atoms with Crippen molar-refractivity contribution in [1.29, 1.82) is 5.26 Å². The Kier molecular flexibility index (Phi) is 8.81. The molecule has 4 atom stereocenters. The molecule has 6 N–H and O–H groups in total. The van der Waals surface area contributed by atoms with E-state index >= 15 is 0 Å². The Morgan fingerprint density at radius 1 is 1.20 bits per heavy atom. The highest BCUT2D eigenvalue weighted by Crippen LogP contribution is 2.27. The minimum atomic E-state index is -1.18. The van der Waals surface area contributed by atoms with Gasteiger partial charge in [-0.3, -0.25) is 4.79 Å². The first-order chi connectivity index (χ1) is 16.8. The number of nitriles is 1.